The van der Waals surface area contributed by atoms with Gasteiger partial charge >= 0.3 is 0 Å². The van der Waals surface area contributed by atoms with Crippen molar-refractivity contribution in [2.24, 2.45) is 0 Å². The average Bonchev–Trinajstić information content (AvgIpc) is 3.22. The lowest BCUT2D eigenvalue weighted by Gasteiger charge is -2.31. The number of carbonyl (C=O) groups is 1. The lowest BCUT2D eigenvalue weighted by atomic mass is 9.97. The number of piperidine rings is 1. The Kier molecular flexibility index (Phi) is 5.57. The third kappa shape index (κ3) is 4.18. The van der Waals surface area contributed by atoms with Gasteiger partial charge in [-0.05, 0) is 19.8 Å². The van der Waals surface area contributed by atoms with Crippen molar-refractivity contribution in [2.45, 2.75) is 38.5 Å². The molecule has 0 unspecified atom stereocenters. The van der Waals surface area contributed by atoms with Crippen LogP contribution < -0.4 is 0 Å². The van der Waals surface area contributed by atoms with Gasteiger partial charge in [0.05, 0.1) is 29.6 Å². The maximum atomic E-state index is 12.5. The fraction of sp³-hybridized carbons (Fsp3) is 0.625. The zero-order valence-corrected chi connectivity index (χ0v) is 14.8. The van der Waals surface area contributed by atoms with Crippen LogP contribution in [0.1, 0.15) is 41.2 Å². The summed E-state index contributed by atoms with van der Waals surface area (Å²) in [5, 5.41) is 6.93. The van der Waals surface area contributed by atoms with Crippen molar-refractivity contribution in [3.8, 4) is 0 Å². The first-order valence-corrected chi connectivity index (χ1v) is 9.04. The first kappa shape index (κ1) is 17.0. The van der Waals surface area contributed by atoms with Gasteiger partial charge in [-0.2, -0.15) is 4.98 Å². The Morgan fingerprint density at radius 1 is 1.50 bits per heavy atom. The van der Waals surface area contributed by atoms with E-state index in [1.54, 1.807) is 18.4 Å². The summed E-state index contributed by atoms with van der Waals surface area (Å²) in [5.41, 5.74) is 0.851. The van der Waals surface area contributed by atoms with Crippen LogP contribution >= 0.6 is 11.3 Å². The van der Waals surface area contributed by atoms with Gasteiger partial charge in [-0.3, -0.25) is 4.79 Å². The van der Waals surface area contributed by atoms with Gasteiger partial charge in [0.1, 0.15) is 0 Å². The van der Waals surface area contributed by atoms with Gasteiger partial charge in [0.25, 0.3) is 0 Å². The molecule has 1 aliphatic heterocycles. The van der Waals surface area contributed by atoms with Crippen LogP contribution in [0.2, 0.25) is 0 Å². The molecule has 1 amide bonds. The van der Waals surface area contributed by atoms with Crippen LogP contribution in [-0.2, 0) is 22.4 Å². The van der Waals surface area contributed by atoms with Gasteiger partial charge in [0.15, 0.2) is 5.82 Å². The molecule has 2 aromatic rings. The van der Waals surface area contributed by atoms with Gasteiger partial charge in [-0.25, -0.2) is 4.98 Å². The van der Waals surface area contributed by atoms with E-state index in [1.807, 2.05) is 17.2 Å². The summed E-state index contributed by atoms with van der Waals surface area (Å²) in [6.45, 7) is 3.94. The molecule has 1 saturated heterocycles. The number of hydrogen-bond acceptors (Lipinski definition) is 7. The molecule has 0 N–H and O–H groups in total. The number of thiazole rings is 1. The summed E-state index contributed by atoms with van der Waals surface area (Å²) < 4.78 is 10.4. The van der Waals surface area contributed by atoms with Crippen LogP contribution in [0.4, 0.5) is 0 Å². The number of aryl methyl sites for hydroxylation is 1. The predicted octanol–water partition coefficient (Wildman–Crippen LogP) is 1.97. The molecular formula is C16H22N4O3S. The number of hydrogen-bond donors (Lipinski definition) is 0. The summed E-state index contributed by atoms with van der Waals surface area (Å²) in [6.07, 6.45) is 2.91. The van der Waals surface area contributed by atoms with Gasteiger partial charge in [-0.15, -0.1) is 11.3 Å². The number of rotatable bonds is 6. The number of methoxy groups -OCH3 is 1. The van der Waals surface area contributed by atoms with Crippen molar-refractivity contribution in [3.05, 3.63) is 27.8 Å². The van der Waals surface area contributed by atoms with E-state index in [9.17, 15) is 4.79 Å². The third-order valence-electron chi connectivity index (χ3n) is 4.14. The van der Waals surface area contributed by atoms with Crippen LogP contribution in [0.5, 0.6) is 0 Å². The Bertz CT molecular complexity index is 684. The Morgan fingerprint density at radius 2 is 2.38 bits per heavy atom. The summed E-state index contributed by atoms with van der Waals surface area (Å²) in [5.74, 6) is 1.52. The fourth-order valence-electron chi connectivity index (χ4n) is 2.89. The molecule has 0 bridgehead atoms. The fourth-order valence-corrected chi connectivity index (χ4v) is 3.50. The van der Waals surface area contributed by atoms with E-state index in [0.29, 0.717) is 37.7 Å². The first-order chi connectivity index (χ1) is 11.7. The summed E-state index contributed by atoms with van der Waals surface area (Å²) in [6, 6.07) is 0. The van der Waals surface area contributed by atoms with E-state index in [2.05, 4.69) is 15.1 Å². The van der Waals surface area contributed by atoms with Crippen molar-refractivity contribution < 1.29 is 14.1 Å². The molecule has 3 heterocycles. The molecule has 8 heteroatoms. The molecule has 2 aromatic heterocycles. The summed E-state index contributed by atoms with van der Waals surface area (Å²) in [4.78, 5) is 23.2. The highest BCUT2D eigenvalue weighted by atomic mass is 32.1. The molecule has 1 atom stereocenters. The highest BCUT2D eigenvalue weighted by Crippen LogP contribution is 2.26. The maximum absolute atomic E-state index is 12.5. The zero-order chi connectivity index (χ0) is 16.9. The molecule has 24 heavy (non-hydrogen) atoms. The van der Waals surface area contributed by atoms with Gasteiger partial charge in [-0.1, -0.05) is 5.16 Å². The monoisotopic (exact) mass is 350 g/mol. The first-order valence-electron chi connectivity index (χ1n) is 8.16. The van der Waals surface area contributed by atoms with E-state index in [4.69, 9.17) is 9.26 Å². The largest absolute Gasteiger partial charge is 0.384 e. The van der Waals surface area contributed by atoms with E-state index in [1.165, 1.54) is 0 Å². The van der Waals surface area contributed by atoms with Crippen LogP contribution in [0.25, 0.3) is 0 Å². The van der Waals surface area contributed by atoms with Crippen molar-refractivity contribution >= 4 is 17.2 Å². The Hall–Kier alpha value is -1.80. The van der Waals surface area contributed by atoms with Gasteiger partial charge in [0.2, 0.25) is 11.8 Å². The number of nitrogens with zero attached hydrogens (tertiary/aromatic N) is 4. The van der Waals surface area contributed by atoms with Crippen molar-refractivity contribution in [3.63, 3.8) is 0 Å². The molecule has 1 aliphatic rings. The zero-order valence-electron chi connectivity index (χ0n) is 14.0. The predicted molar refractivity (Wildman–Crippen MR) is 89.0 cm³/mol. The van der Waals surface area contributed by atoms with E-state index >= 15 is 0 Å². The number of carbonyl (C=O) groups excluding carboxylic acids is 1. The molecule has 0 aromatic carbocycles. The summed E-state index contributed by atoms with van der Waals surface area (Å²) in [7, 11) is 1.65. The Balaban J connectivity index is 1.59. The molecule has 7 nitrogen and oxygen atoms in total. The van der Waals surface area contributed by atoms with Gasteiger partial charge < -0.3 is 14.2 Å². The second-order valence-electron chi connectivity index (χ2n) is 6.01. The van der Waals surface area contributed by atoms with Crippen LogP contribution in [0.15, 0.2) is 9.90 Å². The molecule has 3 rings (SSSR count). The van der Waals surface area contributed by atoms with Gasteiger partial charge in [0, 0.05) is 32.0 Å². The molecule has 0 aliphatic carbocycles. The molecule has 0 spiro atoms. The quantitative estimate of drug-likeness (QED) is 0.792. The molecule has 0 radical (unpaired) electrons. The van der Waals surface area contributed by atoms with E-state index in [0.717, 1.165) is 30.1 Å². The molecule has 1 fully saturated rings. The average molecular weight is 350 g/mol. The number of amides is 1. The molecule has 130 valence electrons. The normalized spacial score (nSPS) is 18.1. The standard InChI is InChI=1S/C16H22N4O3S/c1-11-17-13(10-24-11)8-15(21)20-6-3-4-12(9-20)16-18-14(19-23-16)5-7-22-2/h10,12H,3-9H2,1-2H3/t12-/m1/s1. The van der Waals surface area contributed by atoms with Crippen LogP contribution in [0.3, 0.4) is 0 Å². The topological polar surface area (TPSA) is 81.4 Å². The molecule has 0 saturated carbocycles. The number of ether oxygens (including phenoxy) is 1. The third-order valence-corrected chi connectivity index (χ3v) is 4.96. The number of aromatic nitrogens is 3. The second kappa shape index (κ2) is 7.85. The minimum atomic E-state index is 0.115. The second-order valence-corrected chi connectivity index (χ2v) is 7.07. The van der Waals surface area contributed by atoms with Crippen molar-refractivity contribution in [2.75, 3.05) is 26.8 Å². The lowest BCUT2D eigenvalue weighted by molar-refractivity contribution is -0.131. The Labute approximate surface area is 145 Å². The maximum Gasteiger partial charge on any atom is 0.231 e. The molecular weight excluding hydrogens is 328 g/mol. The lowest BCUT2D eigenvalue weighted by Crippen LogP contribution is -2.40. The highest BCUT2D eigenvalue weighted by Gasteiger charge is 2.28. The smallest absolute Gasteiger partial charge is 0.231 e. The minimum Gasteiger partial charge on any atom is -0.384 e. The van der Waals surface area contributed by atoms with E-state index in [-0.39, 0.29) is 11.8 Å². The van der Waals surface area contributed by atoms with Crippen molar-refractivity contribution in [1.29, 1.82) is 0 Å². The number of likely N-dealkylation sites (tertiary alicyclic amines) is 1. The van der Waals surface area contributed by atoms with Crippen LogP contribution in [-0.4, -0.2) is 52.7 Å². The van der Waals surface area contributed by atoms with E-state index < -0.39 is 0 Å². The Morgan fingerprint density at radius 3 is 3.12 bits per heavy atom. The highest BCUT2D eigenvalue weighted by molar-refractivity contribution is 7.09. The van der Waals surface area contributed by atoms with Crippen molar-refractivity contribution in [1.82, 2.24) is 20.0 Å². The minimum absolute atomic E-state index is 0.115. The SMILES string of the molecule is COCCc1noc([C@@H]2CCCN(C(=O)Cc3csc(C)n3)C2)n1. The van der Waals surface area contributed by atoms with Crippen LogP contribution in [0, 0.1) is 6.92 Å². The summed E-state index contributed by atoms with van der Waals surface area (Å²) >= 11 is 1.57.